The van der Waals surface area contributed by atoms with Gasteiger partial charge in [-0.2, -0.15) is 0 Å². The highest BCUT2D eigenvalue weighted by molar-refractivity contribution is 7.91. The summed E-state index contributed by atoms with van der Waals surface area (Å²) in [5.74, 6) is -2.21. The Hall–Kier alpha value is -4.51. The molecule has 3 N–H and O–H groups in total. The second-order valence-electron chi connectivity index (χ2n) is 15.7. The average Bonchev–Trinajstić information content (AvgIpc) is 4.05. The van der Waals surface area contributed by atoms with Gasteiger partial charge in [-0.05, 0) is 56.4 Å². The second-order valence-corrected chi connectivity index (χ2v) is 17.8. The fourth-order valence-electron chi connectivity index (χ4n) is 7.90. The van der Waals surface area contributed by atoms with Crippen LogP contribution in [-0.4, -0.2) is 110 Å². The molecular formula is C38H48FN5O10S. The summed E-state index contributed by atoms with van der Waals surface area (Å²) in [6.07, 6.45) is 5.43. The standard InChI is InChI=1S/C38H48FN5O10S/c1-22-8-4-5-9-24-16-38(24,35(47)43-55(49,50)37(21-39)12-13-37)42-32(45)29-15-25(53-33-28-11-7-6-10-27(28)30(51-3)17-40-33)18-44(29)34(46)31(23(2)14-22)41-36(48)54-26-19-52-20-26/h5-7,9-11,17,22-26,29,31H,4,8,12-16,18-21H2,1-3H3,(H,41,48)(H,42,45)(H,43,47)/b9-5-/t22-,23-,24-,25-,29+,31+,38-/m1/s1. The third-order valence-corrected chi connectivity index (χ3v) is 13.8. The molecule has 0 bridgehead atoms. The number of carbonyl (C=O) groups is 4. The molecular weight excluding hydrogens is 738 g/mol. The molecule has 2 aromatic rings. The Bertz CT molecular complexity index is 1970. The van der Waals surface area contributed by atoms with Gasteiger partial charge >= 0.3 is 6.09 Å². The smallest absolute Gasteiger partial charge is 0.408 e. The van der Waals surface area contributed by atoms with Crippen molar-refractivity contribution in [1.82, 2.24) is 25.2 Å². The lowest BCUT2D eigenvalue weighted by molar-refractivity contribution is -0.142. The Morgan fingerprint density at radius 3 is 2.53 bits per heavy atom. The number of hydrogen-bond acceptors (Lipinski definition) is 11. The van der Waals surface area contributed by atoms with Crippen LogP contribution in [0.15, 0.2) is 42.6 Å². The van der Waals surface area contributed by atoms with Crippen molar-refractivity contribution in [2.45, 2.75) is 93.4 Å². The van der Waals surface area contributed by atoms with Crippen molar-refractivity contribution < 1.29 is 50.9 Å². The summed E-state index contributed by atoms with van der Waals surface area (Å²) in [5, 5.41) is 6.99. The first kappa shape index (κ1) is 38.8. The highest BCUT2D eigenvalue weighted by Crippen LogP contribution is 2.48. The zero-order valence-electron chi connectivity index (χ0n) is 31.1. The molecule has 7 atom stereocenters. The number of amides is 4. The van der Waals surface area contributed by atoms with Gasteiger partial charge in [0.2, 0.25) is 27.7 Å². The van der Waals surface area contributed by atoms with E-state index in [0.717, 1.165) is 11.8 Å². The van der Waals surface area contributed by atoms with Crippen LogP contribution in [0.2, 0.25) is 0 Å². The van der Waals surface area contributed by atoms with Crippen LogP contribution in [0.4, 0.5) is 9.18 Å². The van der Waals surface area contributed by atoms with E-state index in [1.807, 2.05) is 44.2 Å². The Balaban J connectivity index is 1.21. The fourth-order valence-corrected chi connectivity index (χ4v) is 9.33. The highest BCUT2D eigenvalue weighted by atomic mass is 32.2. The largest absolute Gasteiger partial charge is 0.494 e. The Morgan fingerprint density at radius 1 is 1.11 bits per heavy atom. The second kappa shape index (κ2) is 15.2. The average molecular weight is 786 g/mol. The Labute approximate surface area is 319 Å². The molecule has 7 rings (SSSR count). The van der Waals surface area contributed by atoms with Crippen LogP contribution in [0.1, 0.15) is 58.8 Å². The predicted octanol–water partition coefficient (Wildman–Crippen LogP) is 2.92. The van der Waals surface area contributed by atoms with E-state index < -0.39 is 81.0 Å². The zero-order chi connectivity index (χ0) is 39.1. The fraction of sp³-hybridized carbons (Fsp3) is 0.605. The van der Waals surface area contributed by atoms with E-state index in [0.29, 0.717) is 24.0 Å². The predicted molar refractivity (Wildman–Crippen MR) is 196 cm³/mol. The molecule has 0 unspecified atom stereocenters. The lowest BCUT2D eigenvalue weighted by Crippen LogP contribution is -2.59. The molecule has 5 aliphatic rings. The number of nitrogens with one attached hydrogen (secondary N) is 3. The molecule has 1 aromatic carbocycles. The third kappa shape index (κ3) is 7.69. The molecule has 2 saturated carbocycles. The van der Waals surface area contributed by atoms with Crippen molar-refractivity contribution in [3.8, 4) is 11.6 Å². The van der Waals surface area contributed by atoms with Crippen LogP contribution in [0, 0.1) is 17.8 Å². The summed E-state index contributed by atoms with van der Waals surface area (Å²) < 4.78 is 63.1. The van der Waals surface area contributed by atoms with Crippen LogP contribution in [-0.2, 0) is 33.9 Å². The van der Waals surface area contributed by atoms with Gasteiger partial charge in [0.1, 0.15) is 40.9 Å². The lowest BCUT2D eigenvalue weighted by Gasteiger charge is -2.33. The normalized spacial score (nSPS) is 31.3. The van der Waals surface area contributed by atoms with E-state index >= 15 is 0 Å². The summed E-state index contributed by atoms with van der Waals surface area (Å²) in [7, 11) is -2.85. The van der Waals surface area contributed by atoms with E-state index in [9.17, 15) is 32.0 Å². The topological polar surface area (TPSA) is 192 Å². The molecule has 55 heavy (non-hydrogen) atoms. The highest BCUT2D eigenvalue weighted by Gasteiger charge is 2.64. The minimum Gasteiger partial charge on any atom is -0.494 e. The van der Waals surface area contributed by atoms with E-state index in [2.05, 4.69) is 20.3 Å². The summed E-state index contributed by atoms with van der Waals surface area (Å²) >= 11 is 0. The number of pyridine rings is 1. The number of aromatic nitrogens is 1. The molecule has 4 amide bonds. The molecule has 15 nitrogen and oxygen atoms in total. The van der Waals surface area contributed by atoms with Crippen LogP contribution in [0.3, 0.4) is 0 Å². The minimum atomic E-state index is -4.38. The van der Waals surface area contributed by atoms with Crippen LogP contribution in [0.5, 0.6) is 11.6 Å². The molecule has 298 valence electrons. The monoisotopic (exact) mass is 785 g/mol. The number of allylic oxidation sites excluding steroid dienone is 1. The molecule has 4 heterocycles. The first-order chi connectivity index (χ1) is 26.3. The minimum absolute atomic E-state index is 0.0115. The van der Waals surface area contributed by atoms with Crippen molar-refractivity contribution in [1.29, 1.82) is 0 Å². The maximum absolute atomic E-state index is 14.7. The number of hydrogen-bond donors (Lipinski definition) is 3. The first-order valence-corrected chi connectivity index (χ1v) is 20.3. The molecule has 2 aliphatic carbocycles. The van der Waals surface area contributed by atoms with Gasteiger partial charge in [0.05, 0.1) is 33.1 Å². The van der Waals surface area contributed by atoms with Gasteiger partial charge in [-0.15, -0.1) is 0 Å². The van der Waals surface area contributed by atoms with Gasteiger partial charge in [-0.1, -0.05) is 44.2 Å². The van der Waals surface area contributed by atoms with Gasteiger partial charge in [-0.25, -0.2) is 22.6 Å². The number of benzene rings is 1. The van der Waals surface area contributed by atoms with Gasteiger partial charge in [0.15, 0.2) is 6.10 Å². The number of sulfonamides is 1. The molecule has 3 aliphatic heterocycles. The molecule has 0 radical (unpaired) electrons. The molecule has 17 heteroatoms. The van der Waals surface area contributed by atoms with E-state index in [4.69, 9.17) is 18.9 Å². The number of nitrogens with zero attached hydrogens (tertiary/aromatic N) is 2. The quantitative estimate of drug-likeness (QED) is 0.317. The van der Waals surface area contributed by atoms with Gasteiger partial charge in [0.25, 0.3) is 5.91 Å². The number of rotatable bonds is 9. The molecule has 4 fully saturated rings. The van der Waals surface area contributed by atoms with Gasteiger partial charge < -0.3 is 34.5 Å². The Morgan fingerprint density at radius 2 is 1.85 bits per heavy atom. The number of ether oxygens (including phenoxy) is 4. The van der Waals surface area contributed by atoms with Crippen molar-refractivity contribution >= 4 is 44.6 Å². The number of fused-ring (bicyclic) bond motifs is 3. The maximum atomic E-state index is 14.7. The summed E-state index contributed by atoms with van der Waals surface area (Å²) in [5.41, 5.74) is -1.65. The van der Waals surface area contributed by atoms with E-state index in [-0.39, 0.29) is 63.2 Å². The van der Waals surface area contributed by atoms with Gasteiger partial charge in [0, 0.05) is 23.1 Å². The number of halogens is 1. The lowest BCUT2D eigenvalue weighted by atomic mass is 9.88. The van der Waals surface area contributed by atoms with Crippen LogP contribution >= 0.6 is 0 Å². The van der Waals surface area contributed by atoms with Crippen molar-refractivity contribution in [2.75, 3.05) is 33.5 Å². The van der Waals surface area contributed by atoms with E-state index in [1.165, 1.54) is 18.2 Å². The first-order valence-electron chi connectivity index (χ1n) is 18.8. The van der Waals surface area contributed by atoms with Crippen molar-refractivity contribution in [3.63, 3.8) is 0 Å². The van der Waals surface area contributed by atoms with Gasteiger partial charge in [-0.3, -0.25) is 19.1 Å². The third-order valence-electron chi connectivity index (χ3n) is 11.6. The number of carbonyl (C=O) groups excluding carboxylic acids is 4. The Kier molecular flexibility index (Phi) is 10.7. The maximum Gasteiger partial charge on any atom is 0.408 e. The summed E-state index contributed by atoms with van der Waals surface area (Å²) in [6.45, 7) is 3.21. The van der Waals surface area contributed by atoms with Crippen molar-refractivity contribution in [2.24, 2.45) is 17.8 Å². The van der Waals surface area contributed by atoms with E-state index in [1.54, 1.807) is 6.08 Å². The zero-order valence-corrected chi connectivity index (χ0v) is 31.9. The van der Waals surface area contributed by atoms with Crippen LogP contribution in [0.25, 0.3) is 10.8 Å². The SMILES string of the molecule is COc1cnc(O[C@@H]2C[C@H]3C(=O)N[C@]4(C(=O)NS(=O)(=O)C5(CF)CC5)C[C@H]4/C=C\CC[C@@H](C)C[C@@H](C)[C@H](NC(=O)OC4COC4)C(=O)N3C2)c2ccccc12. The van der Waals surface area contributed by atoms with Crippen molar-refractivity contribution in [3.05, 3.63) is 42.6 Å². The number of alkyl carbamates (subject to hydrolysis) is 1. The number of methoxy groups -OCH3 is 1. The summed E-state index contributed by atoms with van der Waals surface area (Å²) in [4.78, 5) is 62.0. The molecule has 2 saturated heterocycles. The van der Waals surface area contributed by atoms with Crippen LogP contribution < -0.4 is 24.8 Å². The number of alkyl halides is 1. The summed E-state index contributed by atoms with van der Waals surface area (Å²) in [6, 6.07) is 5.07. The molecule has 1 aromatic heterocycles. The molecule has 0 spiro atoms.